The van der Waals surface area contributed by atoms with Crippen LogP contribution in [0.1, 0.15) is 12.0 Å². The lowest BCUT2D eigenvalue weighted by Gasteiger charge is -2.03. The van der Waals surface area contributed by atoms with E-state index in [9.17, 15) is 19.0 Å². The molecule has 0 fully saturated rings. The van der Waals surface area contributed by atoms with Crippen molar-refractivity contribution >= 4 is 21.4 Å². The molecule has 14 heavy (non-hydrogen) atoms. The van der Waals surface area contributed by atoms with Gasteiger partial charge in [0.15, 0.2) is 0 Å². The summed E-state index contributed by atoms with van der Waals surface area (Å²) in [6.07, 6.45) is -2.74. The molecule has 0 aliphatic rings. The molecule has 1 aromatic heterocycles. The maximum Gasteiger partial charge on any atom is 0.267 e. The van der Waals surface area contributed by atoms with Crippen LogP contribution in [0.5, 0.6) is 11.5 Å². The number of aromatic hydroxyl groups is 2. The van der Waals surface area contributed by atoms with Crippen LogP contribution in [0.15, 0.2) is 17.5 Å². The molecule has 0 aliphatic heterocycles. The highest BCUT2D eigenvalue weighted by Gasteiger charge is 2.15. The molecule has 2 nitrogen and oxygen atoms in total. The Hall–Kier alpha value is -1.36. The number of hydrogen-bond donors (Lipinski definition) is 2. The number of hydrogen-bond acceptors (Lipinski definition) is 3. The maximum atomic E-state index is 12.4. The first-order chi connectivity index (χ1) is 6.59. The average Bonchev–Trinajstić information content (AvgIpc) is 2.46. The Kier molecular flexibility index (Phi) is 2.03. The minimum atomic E-state index is -2.74. The molecule has 2 N–H and O–H groups in total. The number of thiophene rings is 1. The number of rotatable bonds is 1. The lowest BCUT2D eigenvalue weighted by molar-refractivity contribution is 0.147. The van der Waals surface area contributed by atoms with Gasteiger partial charge in [-0.2, -0.15) is 0 Å². The molecule has 0 radical (unpaired) electrons. The molecule has 0 atom stereocenters. The van der Waals surface area contributed by atoms with Gasteiger partial charge in [-0.25, -0.2) is 8.78 Å². The van der Waals surface area contributed by atoms with Gasteiger partial charge in [0.05, 0.1) is 5.56 Å². The molecule has 0 unspecified atom stereocenters. The maximum absolute atomic E-state index is 12.4. The van der Waals surface area contributed by atoms with Gasteiger partial charge in [-0.15, -0.1) is 11.3 Å². The molecule has 1 aromatic carbocycles. The minimum Gasteiger partial charge on any atom is -0.507 e. The number of fused-ring (bicyclic) bond motifs is 1. The van der Waals surface area contributed by atoms with Crippen molar-refractivity contribution in [2.75, 3.05) is 0 Å². The lowest BCUT2D eigenvalue weighted by Crippen LogP contribution is -1.84. The Morgan fingerprint density at radius 3 is 2.50 bits per heavy atom. The molecule has 5 heteroatoms. The van der Waals surface area contributed by atoms with Crippen LogP contribution in [0.2, 0.25) is 0 Å². The second-order valence-corrected chi connectivity index (χ2v) is 3.74. The van der Waals surface area contributed by atoms with E-state index in [1.165, 1.54) is 22.8 Å². The Bertz CT molecular complexity index is 479. The number of halogens is 2. The van der Waals surface area contributed by atoms with Crippen molar-refractivity contribution in [2.24, 2.45) is 0 Å². The minimum absolute atomic E-state index is 0.0353. The number of phenolic OH excluding ortho intramolecular Hbond substituents is 1. The molecule has 0 spiro atoms. The lowest BCUT2D eigenvalue weighted by atomic mass is 10.1. The van der Waals surface area contributed by atoms with Crippen molar-refractivity contribution in [1.29, 1.82) is 0 Å². The molecule has 74 valence electrons. The van der Waals surface area contributed by atoms with Gasteiger partial charge in [-0.3, -0.25) is 0 Å². The Morgan fingerprint density at radius 2 is 1.86 bits per heavy atom. The Labute approximate surface area is 82.0 Å². The number of benzene rings is 1. The van der Waals surface area contributed by atoms with Crippen LogP contribution in [-0.4, -0.2) is 10.2 Å². The van der Waals surface area contributed by atoms with Crippen molar-refractivity contribution < 1.29 is 19.0 Å². The van der Waals surface area contributed by atoms with Crippen LogP contribution >= 0.6 is 11.3 Å². The normalized spacial score (nSPS) is 11.4. The highest BCUT2D eigenvalue weighted by Crippen LogP contribution is 2.38. The third-order valence-electron chi connectivity index (χ3n) is 1.94. The van der Waals surface area contributed by atoms with Crippen LogP contribution in [0.4, 0.5) is 8.78 Å². The molecule has 0 saturated carbocycles. The first kappa shape index (κ1) is 9.21. The van der Waals surface area contributed by atoms with Crippen molar-refractivity contribution in [3.63, 3.8) is 0 Å². The largest absolute Gasteiger partial charge is 0.507 e. The standard InChI is InChI=1S/C9H6F2O2S/c10-9(11)5-1-4-7(13)3-14-8(4)2-6(5)12/h1-3,9,12-13H. The van der Waals surface area contributed by atoms with Crippen LogP contribution in [0, 0.1) is 0 Å². The van der Waals surface area contributed by atoms with Crippen LogP contribution in [0.25, 0.3) is 10.1 Å². The number of phenols is 1. The van der Waals surface area contributed by atoms with Gasteiger partial charge >= 0.3 is 0 Å². The van der Waals surface area contributed by atoms with E-state index in [0.717, 1.165) is 6.07 Å². The summed E-state index contributed by atoms with van der Waals surface area (Å²) >= 11 is 1.19. The zero-order valence-electron chi connectivity index (χ0n) is 6.87. The fraction of sp³-hybridized carbons (Fsp3) is 0.111. The summed E-state index contributed by atoms with van der Waals surface area (Å²) in [7, 11) is 0. The van der Waals surface area contributed by atoms with E-state index < -0.39 is 17.7 Å². The summed E-state index contributed by atoms with van der Waals surface area (Å²) in [6, 6.07) is 2.35. The third-order valence-corrected chi connectivity index (χ3v) is 2.87. The molecule has 2 rings (SSSR count). The van der Waals surface area contributed by atoms with E-state index in [-0.39, 0.29) is 5.75 Å². The molecule has 0 bridgehead atoms. The van der Waals surface area contributed by atoms with E-state index >= 15 is 0 Å². The highest BCUT2D eigenvalue weighted by atomic mass is 32.1. The van der Waals surface area contributed by atoms with E-state index in [4.69, 9.17) is 0 Å². The SMILES string of the molecule is Oc1cc2scc(O)c2cc1C(F)F. The fourth-order valence-corrected chi connectivity index (χ4v) is 2.08. The summed E-state index contributed by atoms with van der Waals surface area (Å²) in [5.74, 6) is -0.471. The monoisotopic (exact) mass is 216 g/mol. The van der Waals surface area contributed by atoms with E-state index in [2.05, 4.69) is 0 Å². The predicted molar refractivity (Wildman–Crippen MR) is 50.1 cm³/mol. The zero-order valence-corrected chi connectivity index (χ0v) is 7.68. The van der Waals surface area contributed by atoms with Gasteiger partial charge in [0, 0.05) is 15.5 Å². The second-order valence-electron chi connectivity index (χ2n) is 2.83. The van der Waals surface area contributed by atoms with Crippen molar-refractivity contribution in [1.82, 2.24) is 0 Å². The molecular weight excluding hydrogens is 210 g/mol. The van der Waals surface area contributed by atoms with Crippen molar-refractivity contribution in [2.45, 2.75) is 6.43 Å². The highest BCUT2D eigenvalue weighted by molar-refractivity contribution is 7.17. The van der Waals surface area contributed by atoms with Crippen molar-refractivity contribution in [3.05, 3.63) is 23.1 Å². The van der Waals surface area contributed by atoms with Gasteiger partial charge < -0.3 is 10.2 Å². The Morgan fingerprint density at radius 1 is 1.14 bits per heavy atom. The van der Waals surface area contributed by atoms with Gasteiger partial charge in [-0.05, 0) is 12.1 Å². The summed E-state index contributed by atoms with van der Waals surface area (Å²) in [5.41, 5.74) is -0.453. The number of alkyl halides is 2. The van der Waals surface area contributed by atoms with Gasteiger partial charge in [0.25, 0.3) is 6.43 Å². The molecule has 0 aliphatic carbocycles. The average molecular weight is 216 g/mol. The molecule has 2 aromatic rings. The first-order valence-electron chi connectivity index (χ1n) is 3.81. The van der Waals surface area contributed by atoms with Crippen LogP contribution in [-0.2, 0) is 0 Å². The van der Waals surface area contributed by atoms with Gasteiger partial charge in [0.2, 0.25) is 0 Å². The second kappa shape index (κ2) is 3.09. The molecule has 1 heterocycles. The molecular formula is C9H6F2O2S. The third kappa shape index (κ3) is 1.29. The zero-order chi connectivity index (χ0) is 10.3. The predicted octanol–water partition coefficient (Wildman–Crippen LogP) is 3.25. The molecule has 0 amide bonds. The Balaban J connectivity index is 2.74. The van der Waals surface area contributed by atoms with Crippen LogP contribution < -0.4 is 0 Å². The molecule has 0 saturated heterocycles. The summed E-state index contributed by atoms with van der Waals surface area (Å²) in [5, 5.41) is 20.3. The summed E-state index contributed by atoms with van der Waals surface area (Å²) < 4.78 is 25.3. The van der Waals surface area contributed by atoms with Crippen LogP contribution in [0.3, 0.4) is 0 Å². The van der Waals surface area contributed by atoms with E-state index in [0.29, 0.717) is 10.1 Å². The quantitative estimate of drug-likeness (QED) is 0.768. The smallest absolute Gasteiger partial charge is 0.267 e. The summed E-state index contributed by atoms with van der Waals surface area (Å²) in [6.45, 7) is 0. The van der Waals surface area contributed by atoms with Gasteiger partial charge in [-0.1, -0.05) is 0 Å². The van der Waals surface area contributed by atoms with E-state index in [1.54, 1.807) is 0 Å². The van der Waals surface area contributed by atoms with Crippen molar-refractivity contribution in [3.8, 4) is 11.5 Å². The summed E-state index contributed by atoms with van der Waals surface area (Å²) in [4.78, 5) is 0. The topological polar surface area (TPSA) is 40.5 Å². The van der Waals surface area contributed by atoms with Gasteiger partial charge in [0.1, 0.15) is 11.5 Å². The first-order valence-corrected chi connectivity index (χ1v) is 4.69. The fourth-order valence-electron chi connectivity index (χ4n) is 1.24. The van der Waals surface area contributed by atoms with E-state index in [1.807, 2.05) is 0 Å².